The van der Waals surface area contributed by atoms with Crippen LogP contribution in [0.4, 0.5) is 5.69 Å². The highest BCUT2D eigenvalue weighted by Crippen LogP contribution is 2.34. The fourth-order valence-electron chi connectivity index (χ4n) is 2.62. The molecule has 1 aliphatic heterocycles. The van der Waals surface area contributed by atoms with E-state index < -0.39 is 0 Å². The fourth-order valence-corrected chi connectivity index (χ4v) is 2.62. The molecule has 1 aliphatic rings. The van der Waals surface area contributed by atoms with Crippen molar-refractivity contribution in [2.45, 2.75) is 25.9 Å². The lowest BCUT2D eigenvalue weighted by atomic mass is 10.0. The van der Waals surface area contributed by atoms with Crippen molar-refractivity contribution in [1.29, 1.82) is 0 Å². The zero-order valence-electron chi connectivity index (χ0n) is 10.7. The second-order valence-electron chi connectivity index (χ2n) is 4.75. The van der Waals surface area contributed by atoms with Gasteiger partial charge in [0.15, 0.2) is 0 Å². The van der Waals surface area contributed by atoms with Gasteiger partial charge in [-0.25, -0.2) is 4.98 Å². The molecule has 92 valence electrons. The molecule has 3 rings (SSSR count). The zero-order valence-corrected chi connectivity index (χ0v) is 10.7. The zero-order chi connectivity index (χ0) is 12.5. The van der Waals surface area contributed by atoms with Crippen molar-refractivity contribution in [2.75, 3.05) is 4.90 Å². The van der Waals surface area contributed by atoms with Crippen molar-refractivity contribution in [3.63, 3.8) is 0 Å². The monoisotopic (exact) mass is 239 g/mol. The average molecular weight is 239 g/mol. The van der Waals surface area contributed by atoms with Crippen LogP contribution in [-0.2, 0) is 0 Å². The molecule has 0 amide bonds. The highest BCUT2D eigenvalue weighted by molar-refractivity contribution is 5.72. The predicted molar refractivity (Wildman–Crippen MR) is 74.4 cm³/mol. The first-order valence-corrected chi connectivity index (χ1v) is 6.31. The number of imidazole rings is 1. The molecular weight excluding hydrogens is 222 g/mol. The lowest BCUT2D eigenvalue weighted by Crippen LogP contribution is -2.36. The minimum atomic E-state index is 0.286. The molecule has 2 heterocycles. The van der Waals surface area contributed by atoms with Gasteiger partial charge in [-0.2, -0.15) is 0 Å². The third-order valence-electron chi connectivity index (χ3n) is 3.59. The van der Waals surface area contributed by atoms with Crippen LogP contribution in [0.5, 0.6) is 0 Å². The third kappa shape index (κ3) is 1.72. The normalized spacial score (nSPS) is 19.7. The van der Waals surface area contributed by atoms with Gasteiger partial charge >= 0.3 is 0 Å². The summed E-state index contributed by atoms with van der Waals surface area (Å²) < 4.78 is 0. The van der Waals surface area contributed by atoms with Gasteiger partial charge in [0.1, 0.15) is 0 Å². The van der Waals surface area contributed by atoms with Crippen LogP contribution in [0.15, 0.2) is 42.9 Å². The Morgan fingerprint density at radius 1 is 1.33 bits per heavy atom. The highest BCUT2D eigenvalue weighted by atomic mass is 15.2. The lowest BCUT2D eigenvalue weighted by Gasteiger charge is -2.38. The Morgan fingerprint density at radius 2 is 2.17 bits per heavy atom. The Balaban J connectivity index is 2.03. The highest BCUT2D eigenvalue weighted by Gasteiger charge is 2.25. The van der Waals surface area contributed by atoms with E-state index in [1.54, 1.807) is 6.33 Å². The molecule has 0 aliphatic carbocycles. The second-order valence-corrected chi connectivity index (χ2v) is 4.75. The van der Waals surface area contributed by atoms with Crippen LogP contribution < -0.4 is 4.90 Å². The van der Waals surface area contributed by atoms with E-state index in [0.717, 1.165) is 5.69 Å². The van der Waals surface area contributed by atoms with Gasteiger partial charge in [-0.15, -0.1) is 0 Å². The van der Waals surface area contributed by atoms with Crippen LogP contribution in [0.25, 0.3) is 6.08 Å². The number of anilines is 1. The minimum absolute atomic E-state index is 0.286. The van der Waals surface area contributed by atoms with Crippen molar-refractivity contribution in [3.05, 3.63) is 54.1 Å². The van der Waals surface area contributed by atoms with Crippen LogP contribution in [-0.4, -0.2) is 16.0 Å². The van der Waals surface area contributed by atoms with Gasteiger partial charge < -0.3 is 9.88 Å². The van der Waals surface area contributed by atoms with Crippen molar-refractivity contribution in [3.8, 4) is 0 Å². The van der Waals surface area contributed by atoms with Crippen molar-refractivity contribution in [2.24, 2.45) is 0 Å². The van der Waals surface area contributed by atoms with Gasteiger partial charge in [0.2, 0.25) is 0 Å². The SMILES string of the molecule is CC1C=Cc2ccccc2N1C(C)c1cnc[nH]1. The van der Waals surface area contributed by atoms with E-state index in [-0.39, 0.29) is 6.04 Å². The van der Waals surface area contributed by atoms with E-state index >= 15 is 0 Å². The fraction of sp³-hybridized carbons (Fsp3) is 0.267. The molecule has 0 bridgehead atoms. The summed E-state index contributed by atoms with van der Waals surface area (Å²) in [6.07, 6.45) is 8.09. The summed E-state index contributed by atoms with van der Waals surface area (Å²) in [4.78, 5) is 9.75. The first kappa shape index (κ1) is 11.1. The van der Waals surface area contributed by atoms with Crippen LogP contribution in [0.3, 0.4) is 0 Å². The molecule has 18 heavy (non-hydrogen) atoms. The molecule has 1 aromatic heterocycles. The first-order chi connectivity index (χ1) is 8.77. The molecule has 0 spiro atoms. The third-order valence-corrected chi connectivity index (χ3v) is 3.59. The number of H-pyrrole nitrogens is 1. The smallest absolute Gasteiger partial charge is 0.0922 e. The number of aromatic nitrogens is 2. The summed E-state index contributed by atoms with van der Waals surface area (Å²) in [6.45, 7) is 4.43. The van der Waals surface area contributed by atoms with Gasteiger partial charge in [0.05, 0.1) is 24.3 Å². The minimum Gasteiger partial charge on any atom is -0.357 e. The van der Waals surface area contributed by atoms with Gasteiger partial charge in [0, 0.05) is 11.7 Å². The summed E-state index contributed by atoms with van der Waals surface area (Å²) in [5, 5.41) is 0. The van der Waals surface area contributed by atoms with Gasteiger partial charge in [0.25, 0.3) is 0 Å². The molecular formula is C15H17N3. The van der Waals surface area contributed by atoms with E-state index in [0.29, 0.717) is 6.04 Å². The number of benzene rings is 1. The second kappa shape index (κ2) is 4.33. The van der Waals surface area contributed by atoms with E-state index in [9.17, 15) is 0 Å². The quantitative estimate of drug-likeness (QED) is 0.871. The Bertz CT molecular complexity index is 557. The molecule has 2 unspecified atom stereocenters. The van der Waals surface area contributed by atoms with Gasteiger partial charge in [-0.05, 0) is 25.5 Å². The number of rotatable bonds is 2. The van der Waals surface area contributed by atoms with Gasteiger partial charge in [-0.3, -0.25) is 0 Å². The van der Waals surface area contributed by atoms with Crippen LogP contribution in [0.2, 0.25) is 0 Å². The maximum Gasteiger partial charge on any atom is 0.0922 e. The average Bonchev–Trinajstić information content (AvgIpc) is 2.92. The summed E-state index contributed by atoms with van der Waals surface area (Å²) in [5.74, 6) is 0. The maximum atomic E-state index is 4.12. The van der Waals surface area contributed by atoms with Gasteiger partial charge in [-0.1, -0.05) is 30.4 Å². The molecule has 0 saturated carbocycles. The van der Waals surface area contributed by atoms with E-state index in [1.807, 2.05) is 6.20 Å². The Kier molecular flexibility index (Phi) is 2.67. The van der Waals surface area contributed by atoms with Crippen molar-refractivity contribution >= 4 is 11.8 Å². The molecule has 1 aromatic carbocycles. The summed E-state index contributed by atoms with van der Waals surface area (Å²) >= 11 is 0. The molecule has 1 N–H and O–H groups in total. The summed E-state index contributed by atoms with van der Waals surface area (Å²) in [5.41, 5.74) is 3.71. The van der Waals surface area contributed by atoms with Crippen molar-refractivity contribution in [1.82, 2.24) is 9.97 Å². The molecule has 2 aromatic rings. The maximum absolute atomic E-state index is 4.12. The molecule has 0 fully saturated rings. The molecule has 0 radical (unpaired) electrons. The molecule has 3 nitrogen and oxygen atoms in total. The Morgan fingerprint density at radius 3 is 2.94 bits per heavy atom. The standard InChI is InChI=1S/C15H17N3/c1-11-7-8-13-5-3-4-6-15(13)18(11)12(2)14-9-16-10-17-14/h3-12H,1-2H3,(H,16,17). The number of hydrogen-bond acceptors (Lipinski definition) is 2. The lowest BCUT2D eigenvalue weighted by molar-refractivity contribution is 0.615. The number of fused-ring (bicyclic) bond motifs is 1. The number of hydrogen-bond donors (Lipinski definition) is 1. The topological polar surface area (TPSA) is 31.9 Å². The Hall–Kier alpha value is -2.03. The number of nitrogens with one attached hydrogen (secondary N) is 1. The number of para-hydroxylation sites is 1. The Labute approximate surface area is 107 Å². The van der Waals surface area contributed by atoms with E-state index in [2.05, 4.69) is 65.1 Å². The molecule has 3 heteroatoms. The van der Waals surface area contributed by atoms with Crippen LogP contribution in [0.1, 0.15) is 31.1 Å². The molecule has 0 saturated heterocycles. The number of nitrogens with zero attached hydrogens (tertiary/aromatic N) is 2. The molecule has 2 atom stereocenters. The predicted octanol–water partition coefficient (Wildman–Crippen LogP) is 3.39. The van der Waals surface area contributed by atoms with Crippen molar-refractivity contribution < 1.29 is 0 Å². The summed E-state index contributed by atoms with van der Waals surface area (Å²) in [6, 6.07) is 9.19. The van der Waals surface area contributed by atoms with E-state index in [4.69, 9.17) is 0 Å². The largest absolute Gasteiger partial charge is 0.357 e. The van der Waals surface area contributed by atoms with Crippen LogP contribution >= 0.6 is 0 Å². The van der Waals surface area contributed by atoms with E-state index in [1.165, 1.54) is 11.3 Å². The first-order valence-electron chi connectivity index (χ1n) is 6.31. The number of aromatic amines is 1. The van der Waals surface area contributed by atoms with Crippen LogP contribution in [0, 0.1) is 0 Å². The summed E-state index contributed by atoms with van der Waals surface area (Å²) in [7, 11) is 0.